The Morgan fingerprint density at radius 3 is 2.31 bits per heavy atom. The van der Waals surface area contributed by atoms with Crippen molar-refractivity contribution in [3.05, 3.63) is 137 Å². The third-order valence-electron chi connectivity index (χ3n) is 8.67. The number of hydrogen-bond donors (Lipinski definition) is 2. The monoisotopic (exact) mass is 725 g/mol. The van der Waals surface area contributed by atoms with E-state index in [1.807, 2.05) is 56.7 Å². The topological polar surface area (TPSA) is 180 Å². The summed E-state index contributed by atoms with van der Waals surface area (Å²) in [5, 5.41) is 3.35. The van der Waals surface area contributed by atoms with Gasteiger partial charge in [0, 0.05) is 36.6 Å². The number of para-hydroxylation sites is 1. The van der Waals surface area contributed by atoms with Gasteiger partial charge in [-0.05, 0) is 87.5 Å². The van der Waals surface area contributed by atoms with Gasteiger partial charge >= 0.3 is 12.1 Å². The van der Waals surface area contributed by atoms with Gasteiger partial charge in [-0.1, -0.05) is 24.3 Å². The van der Waals surface area contributed by atoms with E-state index in [-0.39, 0.29) is 31.3 Å². The number of imidazole rings is 1. The van der Waals surface area contributed by atoms with E-state index in [2.05, 4.69) is 25.3 Å². The van der Waals surface area contributed by atoms with E-state index in [9.17, 15) is 14.4 Å². The van der Waals surface area contributed by atoms with Gasteiger partial charge in [-0.25, -0.2) is 14.8 Å². The van der Waals surface area contributed by atoms with Gasteiger partial charge in [-0.2, -0.15) is 4.99 Å². The second kappa shape index (κ2) is 16.6. The predicted molar refractivity (Wildman–Crippen MR) is 204 cm³/mol. The number of carbonyl (C=O) groups excluding carboxylic acids is 3. The summed E-state index contributed by atoms with van der Waals surface area (Å²) in [6, 6.07) is 26.3. The van der Waals surface area contributed by atoms with Gasteiger partial charge in [0.05, 0.1) is 46.8 Å². The van der Waals surface area contributed by atoms with Gasteiger partial charge in [0.1, 0.15) is 29.8 Å². The average Bonchev–Trinajstić information content (AvgIpc) is 3.49. The van der Waals surface area contributed by atoms with Crippen molar-refractivity contribution in [3.63, 3.8) is 0 Å². The molecule has 0 radical (unpaired) electrons. The van der Waals surface area contributed by atoms with Crippen LogP contribution < -0.4 is 20.7 Å². The number of aromatic nitrogens is 5. The molecule has 0 aliphatic carbocycles. The first-order valence-electron chi connectivity index (χ1n) is 17.2. The maximum absolute atomic E-state index is 13.9. The molecule has 274 valence electrons. The van der Waals surface area contributed by atoms with Crippen molar-refractivity contribution in [2.24, 2.45) is 17.8 Å². The minimum absolute atomic E-state index is 0.00775. The molecule has 0 aliphatic heterocycles. The van der Waals surface area contributed by atoms with Crippen LogP contribution in [0.3, 0.4) is 0 Å². The highest BCUT2D eigenvalue weighted by atomic mass is 16.5. The van der Waals surface area contributed by atoms with Crippen LogP contribution in [0.25, 0.3) is 11.0 Å². The van der Waals surface area contributed by atoms with Crippen molar-refractivity contribution in [3.8, 4) is 5.75 Å². The summed E-state index contributed by atoms with van der Waals surface area (Å²) in [6.45, 7) is 5.99. The quantitative estimate of drug-likeness (QED) is 0.0861. The third-order valence-corrected chi connectivity index (χ3v) is 8.67. The number of hydrogen-bond acceptors (Lipinski definition) is 10. The van der Waals surface area contributed by atoms with E-state index in [0.717, 1.165) is 28.4 Å². The zero-order valence-electron chi connectivity index (χ0n) is 30.3. The maximum Gasteiger partial charge on any atom is 0.441 e. The molecule has 0 fully saturated rings. The molecular weight excluding hydrogens is 686 g/mol. The van der Waals surface area contributed by atoms with Crippen molar-refractivity contribution >= 4 is 46.3 Å². The molecule has 0 spiro atoms. The fourth-order valence-electron chi connectivity index (χ4n) is 5.57. The summed E-state index contributed by atoms with van der Waals surface area (Å²) in [5.41, 5.74) is 12.2. The summed E-state index contributed by atoms with van der Waals surface area (Å²) in [4.78, 5) is 62.4. The van der Waals surface area contributed by atoms with Crippen molar-refractivity contribution in [1.82, 2.24) is 24.5 Å². The lowest BCUT2D eigenvalue weighted by Crippen LogP contribution is -2.34. The van der Waals surface area contributed by atoms with Gasteiger partial charge in [-0.3, -0.25) is 24.5 Å². The Bertz CT molecular complexity index is 2330. The predicted octanol–water partition coefficient (Wildman–Crippen LogP) is 5.98. The number of pyridine rings is 1. The second-order valence-electron chi connectivity index (χ2n) is 12.4. The number of nitrogens with zero attached hydrogens (tertiary/aromatic N) is 7. The molecule has 0 aliphatic rings. The highest BCUT2D eigenvalue weighted by molar-refractivity contribution is 6.07. The van der Waals surface area contributed by atoms with Gasteiger partial charge in [0.15, 0.2) is 0 Å². The normalized spacial score (nSPS) is 11.3. The number of carbonyl (C=O) groups is 3. The highest BCUT2D eigenvalue weighted by Crippen LogP contribution is 2.22. The van der Waals surface area contributed by atoms with Gasteiger partial charge in [0.2, 0.25) is 0 Å². The van der Waals surface area contributed by atoms with Crippen LogP contribution in [-0.2, 0) is 29.7 Å². The zero-order valence-corrected chi connectivity index (χ0v) is 30.3. The number of aryl methyl sites for hydroxylation is 4. The van der Waals surface area contributed by atoms with Crippen molar-refractivity contribution < 1.29 is 23.9 Å². The fourth-order valence-corrected chi connectivity index (χ4v) is 5.57. The minimum Gasteiger partial charge on any atom is -0.459 e. The number of anilines is 2. The third kappa shape index (κ3) is 8.91. The lowest BCUT2D eigenvalue weighted by atomic mass is 10.1. The van der Waals surface area contributed by atoms with Gasteiger partial charge < -0.3 is 25.1 Å². The van der Waals surface area contributed by atoms with Crippen molar-refractivity contribution in [1.29, 1.82) is 0 Å². The van der Waals surface area contributed by atoms with E-state index < -0.39 is 12.1 Å². The van der Waals surface area contributed by atoms with Crippen LogP contribution in [0.4, 0.5) is 16.3 Å². The van der Waals surface area contributed by atoms with Crippen LogP contribution in [0.5, 0.6) is 5.75 Å². The van der Waals surface area contributed by atoms with E-state index >= 15 is 0 Å². The number of ether oxygens (including phenoxy) is 2. The zero-order chi connectivity index (χ0) is 38.2. The Balaban J connectivity index is 1.10. The van der Waals surface area contributed by atoms with E-state index in [1.54, 1.807) is 72.9 Å². The molecule has 0 bridgehead atoms. The minimum atomic E-state index is -0.812. The number of nitrogens with two attached hydrogens (primary N) is 1. The largest absolute Gasteiger partial charge is 0.459 e. The SMILES string of the molecule is Cc1nc(C)c(COC(=O)CCN(C(=O)c2ccc3c(c2)nc(CNc2ccc(/C(N)=N/C(=O)Oc4ccccc4)cc2)n3C)c2ccccn2)nc1C. The number of rotatable bonds is 12. The molecular formula is C40H39N9O5. The van der Waals surface area contributed by atoms with Crippen LogP contribution in [0.2, 0.25) is 0 Å². The molecule has 3 N–H and O–H groups in total. The molecule has 3 heterocycles. The number of nitrogens with one attached hydrogen (secondary N) is 1. The lowest BCUT2D eigenvalue weighted by molar-refractivity contribution is -0.144. The first-order valence-corrected chi connectivity index (χ1v) is 17.2. The molecule has 6 aromatic rings. The van der Waals surface area contributed by atoms with Gasteiger partial charge in [0.25, 0.3) is 5.91 Å². The molecule has 6 rings (SSSR count). The molecule has 0 unspecified atom stereocenters. The molecule has 54 heavy (non-hydrogen) atoms. The summed E-state index contributed by atoms with van der Waals surface area (Å²) in [7, 11) is 1.90. The number of esters is 1. The smallest absolute Gasteiger partial charge is 0.441 e. The second-order valence-corrected chi connectivity index (χ2v) is 12.4. The van der Waals surface area contributed by atoms with Crippen LogP contribution >= 0.6 is 0 Å². The number of fused-ring (bicyclic) bond motifs is 1. The standard InChI is InChI=1S/C40H39N9O5/c1-25-26(2)45-33(27(3)44-25)24-53-37(50)19-21-49(35-12-8-9-20-42-35)39(51)29-15-18-34-32(22-29)46-36(48(34)4)23-43-30-16-13-28(14-17-30)38(41)47-40(52)54-31-10-6-5-7-11-31/h5-18,20,22,43H,19,21,23-24H2,1-4H3,(H2,41,47,52). The first-order chi connectivity index (χ1) is 26.0. The molecule has 0 saturated carbocycles. The van der Waals surface area contributed by atoms with Crippen molar-refractivity contribution in [2.75, 3.05) is 16.8 Å². The molecule has 0 atom stereocenters. The molecule has 14 heteroatoms. The number of amidine groups is 1. The number of benzene rings is 3. The molecule has 14 nitrogen and oxygen atoms in total. The fraction of sp³-hybridized carbons (Fsp3) is 0.200. The Morgan fingerprint density at radius 2 is 1.57 bits per heavy atom. The lowest BCUT2D eigenvalue weighted by Gasteiger charge is -2.21. The number of amides is 2. The van der Waals surface area contributed by atoms with Crippen LogP contribution in [0.15, 0.2) is 102 Å². The average molecular weight is 726 g/mol. The Kier molecular flexibility index (Phi) is 11.3. The Morgan fingerprint density at radius 1 is 0.852 bits per heavy atom. The summed E-state index contributed by atoms with van der Waals surface area (Å²) in [5.74, 6) is 0.736. The molecule has 0 saturated heterocycles. The summed E-state index contributed by atoms with van der Waals surface area (Å²) in [6.07, 6.45) is 0.727. The molecule has 3 aromatic carbocycles. The van der Waals surface area contributed by atoms with E-state index in [4.69, 9.17) is 20.2 Å². The van der Waals surface area contributed by atoms with Crippen LogP contribution in [0, 0.1) is 20.8 Å². The Labute approximate surface area is 311 Å². The Hall–Kier alpha value is -6.96. The van der Waals surface area contributed by atoms with Crippen LogP contribution in [0.1, 0.15) is 50.9 Å². The summed E-state index contributed by atoms with van der Waals surface area (Å²) < 4.78 is 12.6. The van der Waals surface area contributed by atoms with Crippen molar-refractivity contribution in [2.45, 2.75) is 40.3 Å². The molecule has 2 amide bonds. The molecule has 3 aromatic heterocycles. The van der Waals surface area contributed by atoms with Crippen LogP contribution in [-0.4, -0.2) is 54.9 Å². The maximum atomic E-state index is 13.9. The van der Waals surface area contributed by atoms with E-state index in [1.165, 1.54) is 4.90 Å². The number of aliphatic imine (C=N–C) groups is 1. The van der Waals surface area contributed by atoms with Gasteiger partial charge in [-0.15, -0.1) is 0 Å². The highest BCUT2D eigenvalue weighted by Gasteiger charge is 2.22. The van der Waals surface area contributed by atoms with E-state index in [0.29, 0.717) is 46.1 Å². The first kappa shape index (κ1) is 36.8. The summed E-state index contributed by atoms with van der Waals surface area (Å²) >= 11 is 0.